The van der Waals surface area contributed by atoms with Gasteiger partial charge in [0.05, 0.1) is 23.5 Å². The second-order valence-electron chi connectivity index (χ2n) is 8.70. The number of para-hydroxylation sites is 1. The van der Waals surface area contributed by atoms with E-state index in [2.05, 4.69) is 10.6 Å². The van der Waals surface area contributed by atoms with Gasteiger partial charge in [-0.15, -0.1) is 0 Å². The fourth-order valence-corrected chi connectivity index (χ4v) is 6.52. The number of benzene rings is 1. The molecule has 0 N–H and O–H groups in total. The van der Waals surface area contributed by atoms with E-state index in [1.165, 1.54) is 19.3 Å². The van der Waals surface area contributed by atoms with Crippen LogP contribution < -0.4 is 4.74 Å². The average Bonchev–Trinajstić information content (AvgIpc) is 3.10. The molecule has 6 nitrogen and oxygen atoms in total. The Morgan fingerprint density at radius 1 is 1.21 bits per heavy atom. The highest BCUT2D eigenvalue weighted by molar-refractivity contribution is 7.89. The maximum absolute atomic E-state index is 12.6. The van der Waals surface area contributed by atoms with Crippen LogP contribution in [0.4, 0.5) is 0 Å². The van der Waals surface area contributed by atoms with Gasteiger partial charge in [0.2, 0.25) is 10.0 Å². The molecule has 0 atom stereocenters. The van der Waals surface area contributed by atoms with E-state index in [0.29, 0.717) is 38.3 Å². The molecule has 0 unspecified atom stereocenters. The second kappa shape index (κ2) is 7.13. The Hall–Kier alpha value is -1.86. The smallest absolute Gasteiger partial charge is 0.214 e. The van der Waals surface area contributed by atoms with Crippen LogP contribution >= 0.6 is 0 Å². The highest BCUT2D eigenvalue weighted by Crippen LogP contribution is 2.49. The predicted molar refractivity (Wildman–Crippen MR) is 112 cm³/mol. The second-order valence-corrected chi connectivity index (χ2v) is 10.8. The van der Waals surface area contributed by atoms with Crippen LogP contribution in [0.25, 0.3) is 11.3 Å². The summed E-state index contributed by atoms with van der Waals surface area (Å²) in [6.45, 7) is 3.89. The first-order chi connectivity index (χ1) is 14.0. The van der Waals surface area contributed by atoms with Gasteiger partial charge in [0.15, 0.2) is 5.60 Å². The minimum Gasteiger partial charge on any atom is -0.480 e. The summed E-state index contributed by atoms with van der Waals surface area (Å²) in [5, 5.41) is 0. The van der Waals surface area contributed by atoms with Gasteiger partial charge in [0.1, 0.15) is 5.75 Å². The lowest BCUT2D eigenvalue weighted by Gasteiger charge is -2.44. The molecule has 3 heterocycles. The zero-order valence-corrected chi connectivity index (χ0v) is 17.8. The topological polar surface area (TPSA) is 64.4 Å². The molecule has 1 saturated carbocycles. The van der Waals surface area contributed by atoms with Gasteiger partial charge < -0.3 is 9.30 Å². The number of fused-ring (bicyclic) bond motifs is 4. The van der Waals surface area contributed by atoms with Gasteiger partial charge in [-0.1, -0.05) is 25.5 Å². The van der Waals surface area contributed by atoms with E-state index in [0.717, 1.165) is 29.2 Å². The number of hydrogen-bond donors (Lipinski definition) is 0. The van der Waals surface area contributed by atoms with Crippen LogP contribution in [-0.4, -0.2) is 41.1 Å². The van der Waals surface area contributed by atoms with Crippen molar-refractivity contribution < 1.29 is 13.2 Å². The van der Waals surface area contributed by atoms with Gasteiger partial charge in [-0.3, -0.25) is 0 Å². The predicted octanol–water partition coefficient (Wildman–Crippen LogP) is 3.77. The molecular weight excluding hydrogens is 386 g/mol. The number of hydrogen-bond acceptors (Lipinski definition) is 4. The van der Waals surface area contributed by atoms with Crippen molar-refractivity contribution in [2.24, 2.45) is 5.92 Å². The van der Waals surface area contributed by atoms with Crippen LogP contribution in [0.1, 0.15) is 51.1 Å². The van der Waals surface area contributed by atoms with Crippen molar-refractivity contribution in [2.75, 3.05) is 18.8 Å². The normalized spacial score (nSPS) is 21.3. The quantitative estimate of drug-likeness (QED) is 0.746. The summed E-state index contributed by atoms with van der Waals surface area (Å²) < 4.78 is 35.8. The number of imidazole rings is 1. The fraction of sp³-hybridized carbons (Fsp3) is 0.591. The molecule has 1 aromatic carbocycles. The van der Waals surface area contributed by atoms with Crippen molar-refractivity contribution >= 4 is 10.0 Å². The number of nitrogens with zero attached hydrogens (tertiary/aromatic N) is 3. The van der Waals surface area contributed by atoms with Gasteiger partial charge in [-0.2, -0.15) is 0 Å². The number of rotatable bonds is 5. The molecule has 1 aromatic heterocycles. The van der Waals surface area contributed by atoms with Gasteiger partial charge >= 0.3 is 0 Å². The van der Waals surface area contributed by atoms with Crippen LogP contribution in [0, 0.1) is 5.92 Å². The van der Waals surface area contributed by atoms with Crippen LogP contribution in [0.3, 0.4) is 0 Å². The number of aromatic nitrogens is 2. The van der Waals surface area contributed by atoms with E-state index in [4.69, 9.17) is 9.72 Å². The molecule has 7 heteroatoms. The molecule has 156 valence electrons. The molecule has 1 spiro atoms. The van der Waals surface area contributed by atoms with Crippen LogP contribution in [-0.2, 0) is 22.2 Å². The molecular formula is C22H29N3O3S. The Bertz CT molecular complexity index is 1000. The largest absolute Gasteiger partial charge is 0.480 e. The Labute approximate surface area is 172 Å². The van der Waals surface area contributed by atoms with E-state index in [-0.39, 0.29) is 5.75 Å². The average molecular weight is 416 g/mol. The SMILES string of the molecule is CCCS(=O)(=O)N1CCC2(CC1)Oc1ccccc1-c1ncn(CC3CCC3)c12. The number of sulfonamides is 1. The summed E-state index contributed by atoms with van der Waals surface area (Å²) in [6.07, 6.45) is 7.81. The first kappa shape index (κ1) is 19.1. The van der Waals surface area contributed by atoms with E-state index in [1.807, 2.05) is 31.5 Å². The first-order valence-corrected chi connectivity index (χ1v) is 12.5. The molecule has 0 radical (unpaired) electrons. The zero-order chi connectivity index (χ0) is 20.1. The lowest BCUT2D eigenvalue weighted by molar-refractivity contribution is 0.00554. The van der Waals surface area contributed by atoms with Gasteiger partial charge in [-0.05, 0) is 37.3 Å². The lowest BCUT2D eigenvalue weighted by atomic mass is 9.82. The molecule has 3 aliphatic rings. The third kappa shape index (κ3) is 3.19. The van der Waals surface area contributed by atoms with Crippen LogP contribution in [0.15, 0.2) is 30.6 Å². The maximum Gasteiger partial charge on any atom is 0.214 e. The standard InChI is InChI=1S/C22H29N3O3S/c1-2-14-29(26,27)25-12-10-22(11-13-25)21-20(18-8-3-4-9-19(18)28-22)23-16-24(21)15-17-6-5-7-17/h3-4,8-9,16-17H,2,5-7,10-15H2,1H3. The lowest BCUT2D eigenvalue weighted by Crippen LogP contribution is -2.50. The summed E-state index contributed by atoms with van der Waals surface area (Å²) >= 11 is 0. The minimum atomic E-state index is -3.18. The number of piperidine rings is 1. The van der Waals surface area contributed by atoms with Crippen molar-refractivity contribution in [1.29, 1.82) is 0 Å². The zero-order valence-electron chi connectivity index (χ0n) is 17.0. The van der Waals surface area contributed by atoms with E-state index >= 15 is 0 Å². The third-order valence-corrected chi connectivity index (χ3v) is 8.86. The highest BCUT2D eigenvalue weighted by Gasteiger charge is 2.48. The Morgan fingerprint density at radius 3 is 2.66 bits per heavy atom. The Morgan fingerprint density at radius 2 is 1.97 bits per heavy atom. The van der Waals surface area contributed by atoms with Crippen LogP contribution in [0.5, 0.6) is 5.75 Å². The van der Waals surface area contributed by atoms with Gasteiger partial charge in [0, 0.05) is 38.0 Å². The third-order valence-electron chi connectivity index (χ3n) is 6.78. The molecule has 5 rings (SSSR count). The van der Waals surface area contributed by atoms with Crippen molar-refractivity contribution in [2.45, 2.75) is 57.6 Å². The minimum absolute atomic E-state index is 0.217. The van der Waals surface area contributed by atoms with Gasteiger partial charge in [0.25, 0.3) is 0 Å². The van der Waals surface area contributed by atoms with Crippen molar-refractivity contribution in [3.05, 3.63) is 36.3 Å². The molecule has 2 fully saturated rings. The molecule has 2 aliphatic heterocycles. The molecule has 29 heavy (non-hydrogen) atoms. The Balaban J connectivity index is 1.51. The van der Waals surface area contributed by atoms with Gasteiger partial charge in [-0.25, -0.2) is 17.7 Å². The van der Waals surface area contributed by atoms with Crippen molar-refractivity contribution in [1.82, 2.24) is 13.9 Å². The molecule has 2 aromatic rings. The summed E-state index contributed by atoms with van der Waals surface area (Å²) in [7, 11) is -3.18. The molecule has 0 bridgehead atoms. The summed E-state index contributed by atoms with van der Waals surface area (Å²) in [5.41, 5.74) is 2.70. The van der Waals surface area contributed by atoms with Crippen molar-refractivity contribution in [3.63, 3.8) is 0 Å². The highest BCUT2D eigenvalue weighted by atomic mass is 32.2. The summed E-state index contributed by atoms with van der Waals surface area (Å²) in [5.74, 6) is 1.79. The first-order valence-electron chi connectivity index (χ1n) is 10.8. The van der Waals surface area contributed by atoms with E-state index < -0.39 is 15.6 Å². The molecule has 0 amide bonds. The fourth-order valence-electron chi connectivity index (χ4n) is 5.01. The summed E-state index contributed by atoms with van der Waals surface area (Å²) in [6, 6.07) is 8.09. The van der Waals surface area contributed by atoms with Crippen LogP contribution in [0.2, 0.25) is 0 Å². The Kier molecular flexibility index (Phi) is 4.70. The van der Waals surface area contributed by atoms with Crippen molar-refractivity contribution in [3.8, 4) is 17.0 Å². The molecule has 1 saturated heterocycles. The maximum atomic E-state index is 12.6. The number of ether oxygens (including phenoxy) is 1. The summed E-state index contributed by atoms with van der Waals surface area (Å²) in [4.78, 5) is 4.81. The van der Waals surface area contributed by atoms with E-state index in [9.17, 15) is 8.42 Å². The monoisotopic (exact) mass is 415 g/mol. The van der Waals surface area contributed by atoms with E-state index in [1.54, 1.807) is 4.31 Å². The molecule has 1 aliphatic carbocycles.